The minimum Gasteiger partial charge on any atom is -0.348 e. The third kappa shape index (κ3) is 4.16. The number of nitrogens with zero attached hydrogens (tertiary/aromatic N) is 2. The standard InChI is InChI=1S/C18H23F2N3/c1-13-18(22-12-21-13)11-23-8-2-3-15(10-23)5-4-14-6-7-16(19)17(20)9-14/h6-7,9,12,15H,2-5,8,10-11H2,1H3,(H,21,22)/t15-/m1/s1. The number of aromatic amines is 1. The molecule has 0 bridgehead atoms. The highest BCUT2D eigenvalue weighted by Gasteiger charge is 2.21. The van der Waals surface area contributed by atoms with Crippen molar-refractivity contribution in [1.82, 2.24) is 14.9 Å². The third-order valence-corrected chi connectivity index (χ3v) is 4.74. The number of aromatic nitrogens is 2. The summed E-state index contributed by atoms with van der Waals surface area (Å²) >= 11 is 0. The van der Waals surface area contributed by atoms with Gasteiger partial charge in [0.15, 0.2) is 11.6 Å². The fraction of sp³-hybridized carbons (Fsp3) is 0.500. The molecule has 0 spiro atoms. The van der Waals surface area contributed by atoms with Crippen molar-refractivity contribution in [3.63, 3.8) is 0 Å². The van der Waals surface area contributed by atoms with Crippen LogP contribution >= 0.6 is 0 Å². The van der Waals surface area contributed by atoms with Crippen LogP contribution in [-0.4, -0.2) is 28.0 Å². The van der Waals surface area contributed by atoms with Crippen LogP contribution in [0.1, 0.15) is 36.2 Å². The van der Waals surface area contributed by atoms with Crippen molar-refractivity contribution in [3.8, 4) is 0 Å². The molecule has 2 aromatic rings. The number of piperidine rings is 1. The molecule has 2 heterocycles. The van der Waals surface area contributed by atoms with Crippen LogP contribution in [0.5, 0.6) is 0 Å². The number of aryl methyl sites for hydroxylation is 2. The molecule has 0 saturated carbocycles. The Balaban J connectivity index is 1.52. The maximum atomic E-state index is 13.3. The summed E-state index contributed by atoms with van der Waals surface area (Å²) in [6, 6.07) is 4.23. The molecule has 0 radical (unpaired) electrons. The summed E-state index contributed by atoms with van der Waals surface area (Å²) < 4.78 is 26.2. The predicted molar refractivity (Wildman–Crippen MR) is 86.0 cm³/mol. The number of imidazole rings is 1. The van der Waals surface area contributed by atoms with Gasteiger partial charge < -0.3 is 4.98 Å². The maximum Gasteiger partial charge on any atom is 0.159 e. The lowest BCUT2D eigenvalue weighted by molar-refractivity contribution is 0.160. The van der Waals surface area contributed by atoms with E-state index in [9.17, 15) is 8.78 Å². The van der Waals surface area contributed by atoms with Crippen LogP contribution in [0, 0.1) is 24.5 Å². The summed E-state index contributed by atoms with van der Waals surface area (Å²) in [6.07, 6.45) is 5.96. The molecule has 3 nitrogen and oxygen atoms in total. The normalized spacial score (nSPS) is 19.2. The van der Waals surface area contributed by atoms with Crippen LogP contribution in [0.4, 0.5) is 8.78 Å². The summed E-state index contributed by atoms with van der Waals surface area (Å²) in [6.45, 7) is 5.09. The lowest BCUT2D eigenvalue weighted by atomic mass is 9.91. The molecule has 124 valence electrons. The number of rotatable bonds is 5. The number of halogens is 2. The van der Waals surface area contributed by atoms with Gasteiger partial charge in [-0.25, -0.2) is 13.8 Å². The number of likely N-dealkylation sites (tertiary alicyclic amines) is 1. The van der Waals surface area contributed by atoms with E-state index in [0.717, 1.165) is 49.4 Å². The average Bonchev–Trinajstić information content (AvgIpc) is 2.94. The Hall–Kier alpha value is -1.75. The molecule has 1 fully saturated rings. The maximum absolute atomic E-state index is 13.3. The summed E-state index contributed by atoms with van der Waals surface area (Å²) in [5, 5.41) is 0. The topological polar surface area (TPSA) is 31.9 Å². The predicted octanol–water partition coefficient (Wildman–Crippen LogP) is 3.84. The van der Waals surface area contributed by atoms with Gasteiger partial charge in [-0.2, -0.15) is 0 Å². The zero-order chi connectivity index (χ0) is 16.2. The zero-order valence-corrected chi connectivity index (χ0v) is 13.5. The van der Waals surface area contributed by atoms with Crippen molar-refractivity contribution in [2.45, 2.75) is 39.2 Å². The molecule has 1 aliphatic rings. The van der Waals surface area contributed by atoms with E-state index < -0.39 is 11.6 Å². The highest BCUT2D eigenvalue weighted by Crippen LogP contribution is 2.23. The van der Waals surface area contributed by atoms with Crippen LogP contribution in [0.3, 0.4) is 0 Å². The van der Waals surface area contributed by atoms with Crippen LogP contribution in [0.25, 0.3) is 0 Å². The van der Waals surface area contributed by atoms with Gasteiger partial charge in [-0.15, -0.1) is 0 Å². The van der Waals surface area contributed by atoms with Crippen molar-refractivity contribution < 1.29 is 8.78 Å². The Morgan fingerprint density at radius 3 is 2.91 bits per heavy atom. The van der Waals surface area contributed by atoms with Crippen molar-refractivity contribution in [2.75, 3.05) is 13.1 Å². The van der Waals surface area contributed by atoms with E-state index in [1.54, 1.807) is 12.4 Å². The molecule has 3 rings (SSSR count). The van der Waals surface area contributed by atoms with E-state index in [-0.39, 0.29) is 0 Å². The third-order valence-electron chi connectivity index (χ3n) is 4.74. The van der Waals surface area contributed by atoms with E-state index in [2.05, 4.69) is 14.9 Å². The molecule has 0 aliphatic carbocycles. The van der Waals surface area contributed by atoms with Gasteiger partial charge in [0.25, 0.3) is 0 Å². The largest absolute Gasteiger partial charge is 0.348 e. The number of hydrogen-bond acceptors (Lipinski definition) is 2. The van der Waals surface area contributed by atoms with Gasteiger partial charge in [0.2, 0.25) is 0 Å². The van der Waals surface area contributed by atoms with E-state index in [1.165, 1.54) is 25.0 Å². The molecule has 23 heavy (non-hydrogen) atoms. The van der Waals surface area contributed by atoms with Crippen LogP contribution in [0.2, 0.25) is 0 Å². The molecule has 1 aromatic carbocycles. The molecular formula is C18H23F2N3. The second kappa shape index (κ2) is 7.21. The van der Waals surface area contributed by atoms with Crippen molar-refractivity contribution in [2.24, 2.45) is 5.92 Å². The fourth-order valence-corrected chi connectivity index (χ4v) is 3.35. The van der Waals surface area contributed by atoms with E-state index >= 15 is 0 Å². The van der Waals surface area contributed by atoms with E-state index in [0.29, 0.717) is 5.92 Å². The Bertz CT molecular complexity index is 653. The molecule has 0 amide bonds. The van der Waals surface area contributed by atoms with Gasteiger partial charge in [0.1, 0.15) is 0 Å². The molecule has 0 unspecified atom stereocenters. The average molecular weight is 319 g/mol. The zero-order valence-electron chi connectivity index (χ0n) is 13.5. The molecule has 1 saturated heterocycles. The molecule has 1 N–H and O–H groups in total. The Morgan fingerprint density at radius 1 is 1.30 bits per heavy atom. The summed E-state index contributed by atoms with van der Waals surface area (Å²) in [4.78, 5) is 9.94. The second-order valence-corrected chi connectivity index (χ2v) is 6.50. The lowest BCUT2D eigenvalue weighted by Crippen LogP contribution is -2.35. The summed E-state index contributed by atoms with van der Waals surface area (Å²) in [7, 11) is 0. The van der Waals surface area contributed by atoms with Gasteiger partial charge in [0.05, 0.1) is 12.0 Å². The highest BCUT2D eigenvalue weighted by atomic mass is 19.2. The van der Waals surface area contributed by atoms with Crippen molar-refractivity contribution in [1.29, 1.82) is 0 Å². The Labute approximate surface area is 135 Å². The second-order valence-electron chi connectivity index (χ2n) is 6.50. The SMILES string of the molecule is Cc1[nH]cnc1CN1CCC[C@H](CCc2ccc(F)c(F)c2)C1. The highest BCUT2D eigenvalue weighted by molar-refractivity contribution is 5.18. The Morgan fingerprint density at radius 2 is 2.17 bits per heavy atom. The first-order chi connectivity index (χ1) is 11.1. The first-order valence-corrected chi connectivity index (χ1v) is 8.27. The number of nitrogens with one attached hydrogen (secondary N) is 1. The van der Waals surface area contributed by atoms with Crippen molar-refractivity contribution in [3.05, 3.63) is 53.1 Å². The fourth-order valence-electron chi connectivity index (χ4n) is 3.35. The van der Waals surface area contributed by atoms with Crippen LogP contribution in [-0.2, 0) is 13.0 Å². The number of hydrogen-bond donors (Lipinski definition) is 1. The first kappa shape index (κ1) is 16.1. The van der Waals surface area contributed by atoms with Crippen molar-refractivity contribution >= 4 is 0 Å². The first-order valence-electron chi connectivity index (χ1n) is 8.27. The molecule has 1 atom stereocenters. The molecule has 1 aromatic heterocycles. The molecular weight excluding hydrogens is 296 g/mol. The number of H-pyrrole nitrogens is 1. The molecule has 5 heteroatoms. The van der Waals surface area contributed by atoms with E-state index in [4.69, 9.17) is 0 Å². The lowest BCUT2D eigenvalue weighted by Gasteiger charge is -2.32. The van der Waals surface area contributed by atoms with Gasteiger partial charge in [-0.3, -0.25) is 4.90 Å². The minimum atomic E-state index is -0.771. The molecule has 1 aliphatic heterocycles. The smallest absolute Gasteiger partial charge is 0.159 e. The monoisotopic (exact) mass is 319 g/mol. The van der Waals surface area contributed by atoms with Gasteiger partial charge >= 0.3 is 0 Å². The van der Waals surface area contributed by atoms with Gasteiger partial charge in [-0.1, -0.05) is 6.07 Å². The quantitative estimate of drug-likeness (QED) is 0.908. The minimum absolute atomic E-state index is 0.608. The Kier molecular flexibility index (Phi) is 5.06. The summed E-state index contributed by atoms with van der Waals surface area (Å²) in [5.41, 5.74) is 3.13. The van der Waals surface area contributed by atoms with E-state index in [1.807, 2.05) is 6.92 Å². The van der Waals surface area contributed by atoms with Crippen LogP contribution in [0.15, 0.2) is 24.5 Å². The number of benzene rings is 1. The van der Waals surface area contributed by atoms with Gasteiger partial charge in [0, 0.05) is 18.8 Å². The summed E-state index contributed by atoms with van der Waals surface area (Å²) in [5.74, 6) is -0.912. The van der Waals surface area contributed by atoms with Crippen LogP contribution < -0.4 is 0 Å². The van der Waals surface area contributed by atoms with Gasteiger partial charge in [-0.05, 0) is 62.8 Å².